The van der Waals surface area contributed by atoms with Gasteiger partial charge in [-0.3, -0.25) is 38.4 Å². The minimum absolute atomic E-state index is 0.0288. The Hall–Kier alpha value is -7.60. The van der Waals surface area contributed by atoms with E-state index in [0.717, 1.165) is 0 Å². The second-order valence-corrected chi connectivity index (χ2v) is 20.2. The lowest BCUT2D eigenvalue weighted by Gasteiger charge is -2.32. The third kappa shape index (κ3) is 19.2. The van der Waals surface area contributed by atoms with Crippen LogP contribution in [-0.4, -0.2) is 151 Å². The number of hydrogen-bond acceptors (Lipinski definition) is 14. The monoisotopic (exact) mass is 1070 g/mol. The van der Waals surface area contributed by atoms with Gasteiger partial charge in [0, 0.05) is 37.7 Å². The first-order valence-corrected chi connectivity index (χ1v) is 26.1. The Morgan fingerprint density at radius 2 is 1.22 bits per heavy atom. The lowest BCUT2D eigenvalue weighted by atomic mass is 9.95. The Kier molecular flexibility index (Phi) is 24.3. The summed E-state index contributed by atoms with van der Waals surface area (Å²) in [5.74, 6) is -8.60. The van der Waals surface area contributed by atoms with E-state index < -0.39 is 120 Å². The molecule has 2 aromatic carbocycles. The zero-order valence-electron chi connectivity index (χ0n) is 44.7. The highest BCUT2D eigenvalue weighted by Gasteiger charge is 2.40. The fraction of sp³-hybridized carbons (Fsp3) is 0.547. The van der Waals surface area contributed by atoms with Gasteiger partial charge in [0.1, 0.15) is 53.8 Å². The quantitative estimate of drug-likeness (QED) is 0.0384. The molecule has 8 amide bonds. The van der Waals surface area contributed by atoms with Gasteiger partial charge >= 0.3 is 5.97 Å². The Balaban J connectivity index is 1.50. The third-order valence-corrected chi connectivity index (χ3v) is 13.5. The molecular weight excluding hydrogens is 997 g/mol. The highest BCUT2D eigenvalue weighted by Crippen LogP contribution is 2.21. The van der Waals surface area contributed by atoms with E-state index in [1.54, 1.807) is 34.6 Å². The molecule has 3 aromatic rings. The van der Waals surface area contributed by atoms with Gasteiger partial charge in [0.25, 0.3) is 0 Å². The molecule has 1 aliphatic heterocycles. The highest BCUT2D eigenvalue weighted by atomic mass is 16.4. The van der Waals surface area contributed by atoms with Gasteiger partial charge in [-0.05, 0) is 85.4 Å². The standard InChI is InChI=1S/C53H78N12O12/c1-7-31(6)45(64-48(71)41-12-10-22-65(41)52(75)37(55)11-8-9-21-54)51(74)63-44(30(4)5)50(73)62-43(29(2)3)49(72)61-38(23-32-13-17-35(66)18-14-32)47(70)60-39(25-34-26-56-28-58-34)46(69)57-27-42(68)59-40(53(76)77)24-33-15-19-36(67)20-16-33/h13-20,26,28-31,37-41,43-45,66-67H,7-12,21-25,27,54-55H2,1-6H3,(H,56,58)(H,57,69)(H,59,68)(H,60,70)(H,61,72)(H,62,73)(H,63,74)(H,64,71)(H,76,77)/t31-,37-,38-,39-,40-,41-,43-,44-,45-/m0/s1. The summed E-state index contributed by atoms with van der Waals surface area (Å²) in [7, 11) is 0. The summed E-state index contributed by atoms with van der Waals surface area (Å²) < 4.78 is 0. The number of nitrogens with two attached hydrogens (primary N) is 2. The molecule has 77 heavy (non-hydrogen) atoms. The summed E-state index contributed by atoms with van der Waals surface area (Å²) in [6.07, 6.45) is 5.48. The number of amides is 8. The number of nitrogens with zero attached hydrogens (tertiary/aromatic N) is 2. The first-order valence-electron chi connectivity index (χ1n) is 26.1. The highest BCUT2D eigenvalue weighted by molar-refractivity contribution is 5.98. The number of carboxylic acids is 1. The van der Waals surface area contributed by atoms with E-state index in [1.165, 1.54) is 66.0 Å². The molecule has 0 bridgehead atoms. The first kappa shape index (κ1) is 61.9. The van der Waals surface area contributed by atoms with Crippen LogP contribution in [0.15, 0.2) is 61.1 Å². The fourth-order valence-electron chi connectivity index (χ4n) is 8.70. The van der Waals surface area contributed by atoms with Gasteiger partial charge in [-0.1, -0.05) is 78.6 Å². The average Bonchev–Trinajstić information content (AvgIpc) is 4.11. The van der Waals surface area contributed by atoms with Crippen LogP contribution in [-0.2, 0) is 62.4 Å². The molecule has 2 heterocycles. The normalized spacial score (nSPS) is 16.4. The Bertz CT molecular complexity index is 2460. The predicted molar refractivity (Wildman–Crippen MR) is 283 cm³/mol. The van der Waals surface area contributed by atoms with Crippen LogP contribution in [0.25, 0.3) is 0 Å². The smallest absolute Gasteiger partial charge is 0.326 e. The van der Waals surface area contributed by atoms with Gasteiger partial charge in [-0.25, -0.2) is 9.78 Å². The number of carbonyl (C=O) groups excluding carboxylic acids is 8. The summed E-state index contributed by atoms with van der Waals surface area (Å²) in [5.41, 5.74) is 13.2. The van der Waals surface area contributed by atoms with Crippen molar-refractivity contribution in [2.75, 3.05) is 19.6 Å². The topological polar surface area (TPSA) is 382 Å². The summed E-state index contributed by atoms with van der Waals surface area (Å²) in [5, 5.41) is 47.9. The molecule has 24 nitrogen and oxygen atoms in total. The molecule has 4 rings (SSSR count). The van der Waals surface area contributed by atoms with Gasteiger partial charge in [0.2, 0.25) is 47.3 Å². The Morgan fingerprint density at radius 1 is 0.688 bits per heavy atom. The molecule has 0 aliphatic carbocycles. The molecule has 15 N–H and O–H groups in total. The molecule has 1 aromatic heterocycles. The van der Waals surface area contributed by atoms with Gasteiger partial charge in [0.15, 0.2) is 0 Å². The van der Waals surface area contributed by atoms with E-state index in [4.69, 9.17) is 11.5 Å². The Labute approximate surface area is 448 Å². The minimum Gasteiger partial charge on any atom is -0.508 e. The van der Waals surface area contributed by atoms with E-state index in [2.05, 4.69) is 47.2 Å². The van der Waals surface area contributed by atoms with Crippen molar-refractivity contribution in [3.63, 3.8) is 0 Å². The fourth-order valence-corrected chi connectivity index (χ4v) is 8.70. The van der Waals surface area contributed by atoms with Crippen LogP contribution in [0.4, 0.5) is 0 Å². The number of H-pyrrole nitrogens is 1. The van der Waals surface area contributed by atoms with Crippen LogP contribution in [0.1, 0.15) is 96.9 Å². The summed E-state index contributed by atoms with van der Waals surface area (Å²) in [6, 6.07) is 2.09. The van der Waals surface area contributed by atoms with Crippen molar-refractivity contribution in [1.82, 2.24) is 52.1 Å². The number of aromatic hydroxyl groups is 2. The lowest BCUT2D eigenvalue weighted by molar-refractivity contribution is -0.141. The Morgan fingerprint density at radius 3 is 1.74 bits per heavy atom. The maximum atomic E-state index is 14.4. The molecule has 1 saturated heterocycles. The van der Waals surface area contributed by atoms with Gasteiger partial charge in [-0.2, -0.15) is 0 Å². The largest absolute Gasteiger partial charge is 0.508 e. The number of unbranched alkanes of at least 4 members (excludes halogenated alkanes) is 1. The van der Waals surface area contributed by atoms with Gasteiger partial charge < -0.3 is 73.9 Å². The number of hydrogen-bond donors (Lipinski definition) is 13. The number of carboxylic acid groups (broad SMARTS) is 1. The minimum atomic E-state index is -1.42. The van der Waals surface area contributed by atoms with Crippen molar-refractivity contribution in [3.8, 4) is 11.5 Å². The van der Waals surface area contributed by atoms with E-state index in [-0.39, 0.29) is 36.7 Å². The molecule has 0 saturated carbocycles. The molecule has 9 atom stereocenters. The van der Waals surface area contributed by atoms with E-state index in [9.17, 15) is 58.5 Å². The molecule has 422 valence electrons. The molecular formula is C53H78N12O12. The molecule has 0 unspecified atom stereocenters. The van der Waals surface area contributed by atoms with Crippen molar-refractivity contribution in [2.24, 2.45) is 29.2 Å². The van der Waals surface area contributed by atoms with Crippen LogP contribution in [0.5, 0.6) is 11.5 Å². The van der Waals surface area contributed by atoms with Crippen LogP contribution in [0.3, 0.4) is 0 Å². The predicted octanol–water partition coefficient (Wildman–Crippen LogP) is -0.236. The van der Waals surface area contributed by atoms with Crippen molar-refractivity contribution in [2.45, 2.75) is 148 Å². The van der Waals surface area contributed by atoms with E-state index in [1.807, 2.05) is 6.92 Å². The second kappa shape index (κ2) is 30.2. The number of likely N-dealkylation sites (tertiary alicyclic amines) is 1. The number of aromatic amines is 1. The maximum absolute atomic E-state index is 14.4. The number of aliphatic carboxylic acids is 1. The number of benzene rings is 2. The number of carbonyl (C=O) groups is 9. The van der Waals surface area contributed by atoms with Crippen molar-refractivity contribution < 1.29 is 58.5 Å². The lowest BCUT2D eigenvalue weighted by Crippen LogP contribution is -2.62. The molecule has 24 heteroatoms. The molecule has 0 spiro atoms. The van der Waals surface area contributed by atoms with Crippen LogP contribution in [0, 0.1) is 17.8 Å². The van der Waals surface area contributed by atoms with E-state index >= 15 is 0 Å². The van der Waals surface area contributed by atoms with Gasteiger partial charge in [0.05, 0.1) is 18.9 Å². The van der Waals surface area contributed by atoms with Crippen LogP contribution >= 0.6 is 0 Å². The van der Waals surface area contributed by atoms with E-state index in [0.29, 0.717) is 68.4 Å². The second-order valence-electron chi connectivity index (χ2n) is 20.2. The zero-order valence-corrected chi connectivity index (χ0v) is 44.7. The number of phenolic OH excluding ortho intramolecular Hbond substituents is 2. The third-order valence-electron chi connectivity index (χ3n) is 13.5. The number of nitrogens with one attached hydrogen (secondary N) is 8. The molecule has 1 aliphatic rings. The number of phenols is 2. The summed E-state index contributed by atoms with van der Waals surface area (Å²) in [6.45, 7) is 10.4. The van der Waals surface area contributed by atoms with Gasteiger partial charge in [-0.15, -0.1) is 0 Å². The summed E-state index contributed by atoms with van der Waals surface area (Å²) in [4.78, 5) is 131. The average molecular weight is 1080 g/mol. The molecule has 0 radical (unpaired) electrons. The van der Waals surface area contributed by atoms with Crippen LogP contribution in [0.2, 0.25) is 0 Å². The first-order chi connectivity index (χ1) is 36.5. The van der Waals surface area contributed by atoms with Crippen molar-refractivity contribution in [1.29, 1.82) is 0 Å². The maximum Gasteiger partial charge on any atom is 0.326 e. The SMILES string of the molecule is CC[C@H](C)[C@H](NC(=O)[C@@H]1CCCN1C(=O)[C@@H](N)CCCCN)C(=O)N[C@H](C(=O)N[C@H](C(=O)N[C@@H](Cc1ccc(O)cc1)C(=O)N[C@@H](Cc1cnc[nH]1)C(=O)NCC(=O)N[C@@H](Cc1ccc(O)cc1)C(=O)O)C(C)C)C(C)C. The van der Waals surface area contributed by atoms with Crippen LogP contribution < -0.4 is 48.7 Å². The number of aromatic nitrogens is 2. The number of imidazole rings is 1. The zero-order chi connectivity index (χ0) is 56.9. The molecule has 1 fully saturated rings. The van der Waals surface area contributed by atoms with Crippen molar-refractivity contribution >= 4 is 53.2 Å². The van der Waals surface area contributed by atoms with Crippen molar-refractivity contribution in [3.05, 3.63) is 77.9 Å². The number of rotatable bonds is 30. The summed E-state index contributed by atoms with van der Waals surface area (Å²) >= 11 is 0.